The van der Waals surface area contributed by atoms with Crippen LogP contribution in [0.4, 0.5) is 11.4 Å². The van der Waals surface area contributed by atoms with Gasteiger partial charge in [0.1, 0.15) is 11.8 Å². The molecule has 140 valence electrons. The third-order valence-corrected chi connectivity index (χ3v) is 4.83. The van der Waals surface area contributed by atoms with Crippen LogP contribution in [0.15, 0.2) is 54.6 Å². The van der Waals surface area contributed by atoms with Crippen LogP contribution in [0.3, 0.4) is 0 Å². The monoisotopic (exact) mass is 376 g/mol. The Balaban J connectivity index is 2.16. The summed E-state index contributed by atoms with van der Waals surface area (Å²) in [6.07, 6.45) is 1.15. The molecule has 7 heteroatoms. The highest BCUT2D eigenvalue weighted by Gasteiger charge is 2.29. The second kappa shape index (κ2) is 8.23. The fourth-order valence-electron chi connectivity index (χ4n) is 2.52. The van der Waals surface area contributed by atoms with E-state index >= 15 is 0 Å². The molecule has 2 aromatic carbocycles. The summed E-state index contributed by atoms with van der Waals surface area (Å²) in [5, 5.41) is 2.74. The number of amides is 1. The summed E-state index contributed by atoms with van der Waals surface area (Å²) in [4.78, 5) is 12.6. The third-order valence-electron chi connectivity index (χ3n) is 3.59. The molecule has 1 atom stereocenters. The molecule has 1 amide bonds. The van der Waals surface area contributed by atoms with E-state index in [-0.39, 0.29) is 6.10 Å². The Hall–Kier alpha value is -2.54. The highest BCUT2D eigenvalue weighted by atomic mass is 32.2. The van der Waals surface area contributed by atoms with Crippen LogP contribution < -0.4 is 14.4 Å². The minimum Gasteiger partial charge on any atom is -0.491 e. The van der Waals surface area contributed by atoms with Crippen molar-refractivity contribution in [3.8, 4) is 5.75 Å². The summed E-state index contributed by atoms with van der Waals surface area (Å²) in [6.45, 7) is 5.42. The molecule has 0 saturated heterocycles. The van der Waals surface area contributed by atoms with Gasteiger partial charge in [0, 0.05) is 5.69 Å². The van der Waals surface area contributed by atoms with Crippen LogP contribution in [-0.4, -0.2) is 32.7 Å². The van der Waals surface area contributed by atoms with E-state index in [1.807, 2.05) is 13.8 Å². The number of nitrogens with zero attached hydrogens (tertiary/aromatic N) is 1. The standard InChI is InChI=1S/C19H24N2O4S/c1-14(2)25-18-12-10-16(11-13-18)20-19(22)15(3)21(26(4,23)24)17-8-6-5-7-9-17/h5-15H,1-4H3,(H,20,22)/t15-/m1/s1. The maximum absolute atomic E-state index is 12.6. The van der Waals surface area contributed by atoms with Crippen molar-refractivity contribution in [3.63, 3.8) is 0 Å². The van der Waals surface area contributed by atoms with Gasteiger partial charge in [-0.15, -0.1) is 0 Å². The number of carbonyl (C=O) groups is 1. The molecule has 6 nitrogen and oxygen atoms in total. The van der Waals surface area contributed by atoms with Crippen LogP contribution >= 0.6 is 0 Å². The lowest BCUT2D eigenvalue weighted by atomic mass is 10.2. The number of ether oxygens (including phenoxy) is 1. The molecular weight excluding hydrogens is 352 g/mol. The normalized spacial score (nSPS) is 12.5. The van der Waals surface area contributed by atoms with Gasteiger partial charge in [0.25, 0.3) is 0 Å². The van der Waals surface area contributed by atoms with Gasteiger partial charge in [0.2, 0.25) is 15.9 Å². The van der Waals surface area contributed by atoms with Crippen molar-refractivity contribution in [2.75, 3.05) is 15.9 Å². The van der Waals surface area contributed by atoms with Gasteiger partial charge in [-0.3, -0.25) is 9.10 Å². The number of nitrogens with one attached hydrogen (secondary N) is 1. The first kappa shape index (κ1) is 19.8. The highest BCUT2D eigenvalue weighted by Crippen LogP contribution is 2.22. The second-order valence-corrected chi connectivity index (χ2v) is 8.11. The zero-order valence-electron chi connectivity index (χ0n) is 15.3. The molecule has 0 aromatic heterocycles. The Kier molecular flexibility index (Phi) is 6.26. The minimum absolute atomic E-state index is 0.0599. The van der Waals surface area contributed by atoms with E-state index in [9.17, 15) is 13.2 Å². The summed E-state index contributed by atoms with van der Waals surface area (Å²) in [7, 11) is -3.62. The summed E-state index contributed by atoms with van der Waals surface area (Å²) in [5.74, 6) is 0.282. The molecule has 2 aromatic rings. The lowest BCUT2D eigenvalue weighted by Gasteiger charge is -2.28. The summed E-state index contributed by atoms with van der Waals surface area (Å²) < 4.78 is 31.1. The quantitative estimate of drug-likeness (QED) is 0.805. The number of carbonyl (C=O) groups excluding carboxylic acids is 1. The number of benzene rings is 2. The van der Waals surface area contributed by atoms with Crippen molar-refractivity contribution in [1.82, 2.24) is 0 Å². The molecule has 0 unspecified atom stereocenters. The lowest BCUT2D eigenvalue weighted by molar-refractivity contribution is -0.116. The molecule has 0 fully saturated rings. The van der Waals surface area contributed by atoms with E-state index in [0.717, 1.165) is 10.6 Å². The molecule has 0 aliphatic carbocycles. The molecule has 0 aliphatic heterocycles. The van der Waals surface area contributed by atoms with Gasteiger partial charge in [-0.1, -0.05) is 18.2 Å². The molecule has 0 aliphatic rings. The molecule has 2 rings (SSSR count). The van der Waals surface area contributed by atoms with E-state index in [4.69, 9.17) is 4.74 Å². The van der Waals surface area contributed by atoms with Crippen LogP contribution in [0.5, 0.6) is 5.75 Å². The molecule has 0 spiro atoms. The molecule has 0 heterocycles. The first-order chi connectivity index (χ1) is 12.2. The van der Waals surface area contributed by atoms with E-state index in [2.05, 4.69) is 5.32 Å². The topological polar surface area (TPSA) is 75.7 Å². The summed E-state index contributed by atoms with van der Waals surface area (Å²) in [5.41, 5.74) is 1.01. The van der Waals surface area contributed by atoms with Gasteiger partial charge in [0.05, 0.1) is 18.0 Å². The van der Waals surface area contributed by atoms with E-state index in [1.165, 1.54) is 0 Å². The van der Waals surface area contributed by atoms with Gasteiger partial charge in [0.15, 0.2) is 0 Å². The van der Waals surface area contributed by atoms with Gasteiger partial charge >= 0.3 is 0 Å². The summed E-state index contributed by atoms with van der Waals surface area (Å²) in [6, 6.07) is 14.6. The molecule has 0 saturated carbocycles. The molecule has 0 bridgehead atoms. The Morgan fingerprint density at radius 2 is 1.58 bits per heavy atom. The molecule has 26 heavy (non-hydrogen) atoms. The van der Waals surface area contributed by atoms with E-state index in [0.29, 0.717) is 17.1 Å². The Labute approximate surface area is 154 Å². The van der Waals surface area contributed by atoms with Gasteiger partial charge < -0.3 is 10.1 Å². The van der Waals surface area contributed by atoms with Crippen molar-refractivity contribution >= 4 is 27.3 Å². The number of hydrogen-bond donors (Lipinski definition) is 1. The number of para-hydroxylation sites is 1. The third kappa shape index (κ3) is 5.23. The van der Waals surface area contributed by atoms with Crippen molar-refractivity contribution in [3.05, 3.63) is 54.6 Å². The van der Waals surface area contributed by atoms with Crippen molar-refractivity contribution in [2.45, 2.75) is 32.9 Å². The number of hydrogen-bond acceptors (Lipinski definition) is 4. The first-order valence-corrected chi connectivity index (χ1v) is 10.2. The van der Waals surface area contributed by atoms with E-state index in [1.54, 1.807) is 61.5 Å². The van der Waals surface area contributed by atoms with Crippen molar-refractivity contribution < 1.29 is 17.9 Å². The zero-order valence-corrected chi connectivity index (χ0v) is 16.2. The molecular formula is C19H24N2O4S. The average Bonchev–Trinajstić information content (AvgIpc) is 2.56. The first-order valence-electron chi connectivity index (χ1n) is 8.30. The van der Waals surface area contributed by atoms with Gasteiger partial charge in [-0.2, -0.15) is 0 Å². The highest BCUT2D eigenvalue weighted by molar-refractivity contribution is 7.92. The minimum atomic E-state index is -3.62. The van der Waals surface area contributed by atoms with Crippen LogP contribution in [0.25, 0.3) is 0 Å². The van der Waals surface area contributed by atoms with Crippen LogP contribution in [0.2, 0.25) is 0 Å². The SMILES string of the molecule is CC(C)Oc1ccc(NC(=O)[C@@H](C)N(c2ccccc2)S(C)(=O)=O)cc1. The average molecular weight is 376 g/mol. The maximum Gasteiger partial charge on any atom is 0.247 e. The van der Waals surface area contributed by atoms with Crippen LogP contribution in [-0.2, 0) is 14.8 Å². The van der Waals surface area contributed by atoms with Crippen molar-refractivity contribution in [2.24, 2.45) is 0 Å². The van der Waals surface area contributed by atoms with E-state index < -0.39 is 22.0 Å². The van der Waals surface area contributed by atoms with Crippen LogP contribution in [0.1, 0.15) is 20.8 Å². The predicted octanol–water partition coefficient (Wildman–Crippen LogP) is 3.27. The van der Waals surface area contributed by atoms with Crippen molar-refractivity contribution in [1.29, 1.82) is 0 Å². The maximum atomic E-state index is 12.6. The number of sulfonamides is 1. The Morgan fingerprint density at radius 1 is 1.00 bits per heavy atom. The zero-order chi connectivity index (χ0) is 19.3. The summed E-state index contributed by atoms with van der Waals surface area (Å²) >= 11 is 0. The largest absolute Gasteiger partial charge is 0.491 e. The second-order valence-electron chi connectivity index (χ2n) is 6.25. The fraction of sp³-hybridized carbons (Fsp3) is 0.316. The smallest absolute Gasteiger partial charge is 0.247 e. The number of anilines is 2. The Bertz CT molecular complexity index is 834. The van der Waals surface area contributed by atoms with Gasteiger partial charge in [-0.25, -0.2) is 8.42 Å². The predicted molar refractivity (Wildman–Crippen MR) is 104 cm³/mol. The lowest BCUT2D eigenvalue weighted by Crippen LogP contribution is -2.45. The van der Waals surface area contributed by atoms with Gasteiger partial charge in [-0.05, 0) is 57.2 Å². The Morgan fingerprint density at radius 3 is 2.08 bits per heavy atom. The fourth-order valence-corrected chi connectivity index (χ4v) is 3.69. The molecule has 0 radical (unpaired) electrons. The molecule has 1 N–H and O–H groups in total. The number of rotatable bonds is 7. The van der Waals surface area contributed by atoms with Crippen LogP contribution in [0, 0.1) is 0 Å².